The molecule has 0 saturated heterocycles. The zero-order valence-electron chi connectivity index (χ0n) is 13.1. The molecule has 2 rings (SSSR count). The van der Waals surface area contributed by atoms with Crippen LogP contribution in [-0.4, -0.2) is 10.1 Å². The van der Waals surface area contributed by atoms with Crippen LogP contribution in [0.2, 0.25) is 0 Å². The van der Waals surface area contributed by atoms with Gasteiger partial charge in [0.15, 0.2) is 0 Å². The molecule has 0 aliphatic rings. The van der Waals surface area contributed by atoms with Gasteiger partial charge in [-0.25, -0.2) is 4.98 Å². The summed E-state index contributed by atoms with van der Waals surface area (Å²) in [4.78, 5) is 4.49. The van der Waals surface area contributed by atoms with E-state index in [0.29, 0.717) is 0 Å². The van der Waals surface area contributed by atoms with E-state index in [2.05, 4.69) is 49.2 Å². The zero-order chi connectivity index (χ0) is 14.9. The normalized spacial score (nSPS) is 13.3. The molecule has 4 heteroatoms. The first-order valence-corrected chi connectivity index (χ1v) is 6.95. The summed E-state index contributed by atoms with van der Waals surface area (Å²) in [6, 6.07) is 4.26. The molecule has 0 aliphatic heterocycles. The van der Waals surface area contributed by atoms with Gasteiger partial charge in [-0.1, -0.05) is 32.0 Å². The van der Waals surface area contributed by atoms with Crippen molar-refractivity contribution in [3.8, 4) is 0 Å². The number of aromatic nitrogens is 2. The molecule has 0 bridgehead atoms. The molecule has 1 unspecified atom stereocenters. The van der Waals surface area contributed by atoms with Crippen molar-refractivity contribution in [3.05, 3.63) is 40.9 Å². The van der Waals surface area contributed by atoms with Gasteiger partial charge in [0.25, 0.3) is 0 Å². The monoisotopic (exact) mass is 273 g/mol. The van der Waals surface area contributed by atoms with Crippen molar-refractivity contribution in [1.82, 2.24) is 10.1 Å². The second-order valence-corrected chi connectivity index (χ2v) is 6.29. The summed E-state index contributed by atoms with van der Waals surface area (Å²) in [7, 11) is 0. The molecule has 0 aliphatic carbocycles. The fourth-order valence-corrected chi connectivity index (χ4v) is 2.33. The molecular weight excluding hydrogens is 250 g/mol. The maximum Gasteiger partial charge on any atom is 0.139 e. The summed E-state index contributed by atoms with van der Waals surface area (Å²) in [5.74, 6) is 1.72. The van der Waals surface area contributed by atoms with Crippen molar-refractivity contribution in [2.75, 3.05) is 5.32 Å². The van der Waals surface area contributed by atoms with Crippen LogP contribution in [0.4, 0.5) is 5.82 Å². The number of pyridine rings is 1. The van der Waals surface area contributed by atoms with Crippen molar-refractivity contribution in [3.63, 3.8) is 0 Å². The fraction of sp³-hybridized carbons (Fsp3) is 0.500. The van der Waals surface area contributed by atoms with E-state index in [4.69, 9.17) is 4.52 Å². The quantitative estimate of drug-likeness (QED) is 0.912. The minimum absolute atomic E-state index is 0.120. The van der Waals surface area contributed by atoms with Crippen LogP contribution in [0.25, 0.3) is 0 Å². The van der Waals surface area contributed by atoms with E-state index in [0.717, 1.165) is 22.8 Å². The molecule has 2 heterocycles. The van der Waals surface area contributed by atoms with Gasteiger partial charge in [-0.3, -0.25) is 0 Å². The highest BCUT2D eigenvalue weighted by molar-refractivity contribution is 5.41. The van der Waals surface area contributed by atoms with E-state index < -0.39 is 0 Å². The molecule has 2 aromatic heterocycles. The van der Waals surface area contributed by atoms with Gasteiger partial charge in [-0.15, -0.1) is 0 Å². The molecule has 0 fully saturated rings. The average molecular weight is 273 g/mol. The lowest BCUT2D eigenvalue weighted by Crippen LogP contribution is -2.13. The molecule has 0 radical (unpaired) electrons. The van der Waals surface area contributed by atoms with E-state index >= 15 is 0 Å². The van der Waals surface area contributed by atoms with E-state index in [-0.39, 0.29) is 11.5 Å². The van der Waals surface area contributed by atoms with Crippen LogP contribution in [0.15, 0.2) is 22.9 Å². The number of aryl methyl sites for hydroxylation is 2. The third-order valence-corrected chi connectivity index (χ3v) is 3.52. The molecule has 0 saturated carbocycles. The predicted octanol–water partition coefficient (Wildman–Crippen LogP) is 4.16. The molecule has 4 nitrogen and oxygen atoms in total. The molecule has 108 valence electrons. The van der Waals surface area contributed by atoms with E-state index in [1.165, 1.54) is 5.56 Å². The Morgan fingerprint density at radius 1 is 1.20 bits per heavy atom. The molecule has 20 heavy (non-hydrogen) atoms. The maximum atomic E-state index is 5.21. The summed E-state index contributed by atoms with van der Waals surface area (Å²) in [5.41, 5.74) is 3.38. The summed E-state index contributed by atoms with van der Waals surface area (Å²) >= 11 is 0. The second kappa shape index (κ2) is 5.27. The first-order chi connectivity index (χ1) is 9.29. The lowest BCUT2D eigenvalue weighted by Gasteiger charge is -2.19. The lowest BCUT2D eigenvalue weighted by atomic mass is 9.88. The average Bonchev–Trinajstić information content (AvgIpc) is 2.68. The molecule has 1 N–H and O–H groups in total. The van der Waals surface area contributed by atoms with Crippen molar-refractivity contribution in [2.45, 2.75) is 53.0 Å². The highest BCUT2D eigenvalue weighted by Gasteiger charge is 2.17. The third kappa shape index (κ3) is 3.00. The highest BCUT2D eigenvalue weighted by Crippen LogP contribution is 2.26. The topological polar surface area (TPSA) is 51.0 Å². The van der Waals surface area contributed by atoms with Crippen LogP contribution < -0.4 is 5.32 Å². The van der Waals surface area contributed by atoms with Gasteiger partial charge in [0.2, 0.25) is 0 Å². The van der Waals surface area contributed by atoms with Crippen molar-refractivity contribution in [2.24, 2.45) is 0 Å². The van der Waals surface area contributed by atoms with Crippen molar-refractivity contribution in [1.29, 1.82) is 0 Å². The number of nitrogens with one attached hydrogen (secondary N) is 1. The predicted molar refractivity (Wildman–Crippen MR) is 81.0 cm³/mol. The Morgan fingerprint density at radius 3 is 2.35 bits per heavy atom. The van der Waals surface area contributed by atoms with Gasteiger partial charge in [0, 0.05) is 11.8 Å². The van der Waals surface area contributed by atoms with Gasteiger partial charge < -0.3 is 9.84 Å². The third-order valence-electron chi connectivity index (χ3n) is 3.52. The number of hydrogen-bond acceptors (Lipinski definition) is 4. The summed E-state index contributed by atoms with van der Waals surface area (Å²) in [5, 5.41) is 7.38. The highest BCUT2D eigenvalue weighted by atomic mass is 16.5. The van der Waals surface area contributed by atoms with Crippen molar-refractivity contribution < 1.29 is 4.52 Å². The first kappa shape index (κ1) is 14.6. The molecular formula is C16H23N3O. The Kier molecular flexibility index (Phi) is 3.84. The van der Waals surface area contributed by atoms with Crippen LogP contribution >= 0.6 is 0 Å². The van der Waals surface area contributed by atoms with E-state index in [1.807, 2.05) is 26.1 Å². The Morgan fingerprint density at radius 2 is 1.90 bits per heavy atom. The zero-order valence-corrected chi connectivity index (χ0v) is 13.1. The van der Waals surface area contributed by atoms with Crippen LogP contribution in [0.1, 0.15) is 56.3 Å². The Labute approximate surface area is 120 Å². The summed E-state index contributed by atoms with van der Waals surface area (Å²) < 4.78 is 5.21. The molecule has 0 aromatic carbocycles. The van der Waals surface area contributed by atoms with Crippen LogP contribution in [0.5, 0.6) is 0 Å². The lowest BCUT2D eigenvalue weighted by molar-refractivity contribution is 0.392. The largest absolute Gasteiger partial charge is 0.363 e. The number of nitrogens with zero attached hydrogens (tertiary/aromatic N) is 2. The SMILES string of the molecule is Cc1noc(C)c1C(C)Nc1ccc(C(C)(C)C)cn1. The van der Waals surface area contributed by atoms with E-state index in [1.54, 1.807) is 0 Å². The summed E-state index contributed by atoms with van der Waals surface area (Å²) in [6.45, 7) is 12.5. The number of rotatable bonds is 3. The molecule has 1 atom stereocenters. The maximum absolute atomic E-state index is 5.21. The van der Waals surface area contributed by atoms with Crippen molar-refractivity contribution >= 4 is 5.82 Å². The first-order valence-electron chi connectivity index (χ1n) is 6.95. The van der Waals surface area contributed by atoms with Crippen LogP contribution in [0.3, 0.4) is 0 Å². The van der Waals surface area contributed by atoms with Gasteiger partial charge in [0.05, 0.1) is 11.7 Å². The minimum atomic E-state index is 0.120. The standard InChI is InChI=1S/C16H23N3O/c1-10(15-11(2)19-20-12(15)3)18-14-8-7-13(9-17-14)16(4,5)6/h7-10H,1-6H3,(H,17,18). The van der Waals surface area contributed by atoms with Gasteiger partial charge in [0.1, 0.15) is 11.6 Å². The van der Waals surface area contributed by atoms with Gasteiger partial charge in [-0.2, -0.15) is 0 Å². The molecule has 0 spiro atoms. The fourth-order valence-electron chi connectivity index (χ4n) is 2.33. The minimum Gasteiger partial charge on any atom is -0.363 e. The van der Waals surface area contributed by atoms with Crippen LogP contribution in [0, 0.1) is 13.8 Å². The second-order valence-electron chi connectivity index (χ2n) is 6.29. The van der Waals surface area contributed by atoms with Gasteiger partial charge in [-0.05, 0) is 37.8 Å². The smallest absolute Gasteiger partial charge is 0.139 e. The number of anilines is 1. The number of hydrogen-bond donors (Lipinski definition) is 1. The van der Waals surface area contributed by atoms with E-state index in [9.17, 15) is 0 Å². The Hall–Kier alpha value is -1.84. The van der Waals surface area contributed by atoms with Crippen LogP contribution in [-0.2, 0) is 5.41 Å². The Balaban J connectivity index is 2.15. The Bertz CT molecular complexity index is 559. The van der Waals surface area contributed by atoms with Gasteiger partial charge >= 0.3 is 0 Å². The summed E-state index contributed by atoms with van der Waals surface area (Å²) in [6.07, 6.45) is 1.93. The molecule has 2 aromatic rings. The molecule has 0 amide bonds.